The van der Waals surface area contributed by atoms with Crippen LogP contribution in [-0.2, 0) is 27.1 Å². The molecule has 0 amide bonds. The summed E-state index contributed by atoms with van der Waals surface area (Å²) >= 11 is 0. The predicted molar refractivity (Wildman–Crippen MR) is 77.9 cm³/mol. The van der Waals surface area contributed by atoms with Gasteiger partial charge in [0.1, 0.15) is 5.41 Å². The number of para-hydroxylation sites is 1. The van der Waals surface area contributed by atoms with E-state index in [1.54, 1.807) is 0 Å². The molecule has 0 saturated carbocycles. The number of carbonyl (C=O) groups is 1. The number of carbonyl (C=O) groups excluding carboxylic acids is 1. The fourth-order valence-electron chi connectivity index (χ4n) is 3.71. The smallest absolute Gasteiger partial charge is 0.314 e. The number of ether oxygens (including phenoxy) is 2. The second-order valence-corrected chi connectivity index (χ2v) is 6.03. The molecule has 1 aliphatic carbocycles. The van der Waals surface area contributed by atoms with E-state index in [4.69, 9.17) is 14.5 Å². The number of hydrogen-bond acceptors (Lipinski definition) is 4. The van der Waals surface area contributed by atoms with Crippen molar-refractivity contribution in [3.8, 4) is 0 Å². The lowest BCUT2D eigenvalue weighted by Crippen LogP contribution is -2.45. The highest BCUT2D eigenvalue weighted by Gasteiger charge is 2.53. The Morgan fingerprint density at radius 3 is 3.14 bits per heavy atom. The van der Waals surface area contributed by atoms with Crippen molar-refractivity contribution in [3.05, 3.63) is 41.6 Å². The van der Waals surface area contributed by atoms with Gasteiger partial charge >= 0.3 is 5.97 Å². The van der Waals surface area contributed by atoms with Gasteiger partial charge in [-0.3, -0.25) is 9.78 Å². The largest absolute Gasteiger partial charge is 0.469 e. The fourth-order valence-corrected chi connectivity index (χ4v) is 3.71. The lowest BCUT2D eigenvalue weighted by molar-refractivity contribution is -0.155. The third-order valence-corrected chi connectivity index (χ3v) is 4.89. The third kappa shape index (κ3) is 1.79. The molecule has 1 aliphatic heterocycles. The molecule has 1 aromatic heterocycles. The molecule has 0 unspecified atom stereocenters. The Morgan fingerprint density at radius 1 is 1.43 bits per heavy atom. The summed E-state index contributed by atoms with van der Waals surface area (Å²) in [5, 5.41) is 1.12. The van der Waals surface area contributed by atoms with Crippen LogP contribution in [-0.4, -0.2) is 31.3 Å². The molecule has 0 spiro atoms. The molecule has 1 aromatic carbocycles. The standard InChI is InChI=1S/C17H17NO3/c1-20-16(19)17-8-12-6-11-4-2-3-5-14(11)18-15(12)7-13(17)9-21-10-17/h2-6,13H,7-10H2,1H3/t13-,17-/m0/s1. The van der Waals surface area contributed by atoms with Crippen LogP contribution in [0, 0.1) is 11.3 Å². The first-order chi connectivity index (χ1) is 10.2. The summed E-state index contributed by atoms with van der Waals surface area (Å²) in [4.78, 5) is 17.1. The van der Waals surface area contributed by atoms with Gasteiger partial charge in [0.15, 0.2) is 0 Å². The van der Waals surface area contributed by atoms with Gasteiger partial charge in [-0.05, 0) is 30.5 Å². The highest BCUT2D eigenvalue weighted by Crippen LogP contribution is 2.45. The van der Waals surface area contributed by atoms with Crippen molar-refractivity contribution in [2.45, 2.75) is 12.8 Å². The van der Waals surface area contributed by atoms with Crippen molar-refractivity contribution in [1.82, 2.24) is 4.98 Å². The van der Waals surface area contributed by atoms with Crippen LogP contribution in [0.4, 0.5) is 0 Å². The summed E-state index contributed by atoms with van der Waals surface area (Å²) in [5.74, 6) is 0.0231. The Kier molecular flexibility index (Phi) is 2.76. The zero-order valence-electron chi connectivity index (χ0n) is 12.0. The van der Waals surface area contributed by atoms with Gasteiger partial charge < -0.3 is 9.47 Å². The summed E-state index contributed by atoms with van der Waals surface area (Å²) in [7, 11) is 1.46. The van der Waals surface area contributed by atoms with E-state index in [9.17, 15) is 4.79 Å². The Hall–Kier alpha value is -1.94. The van der Waals surface area contributed by atoms with Crippen molar-refractivity contribution >= 4 is 16.9 Å². The first kappa shape index (κ1) is 12.8. The number of hydrogen-bond donors (Lipinski definition) is 0. The van der Waals surface area contributed by atoms with E-state index in [2.05, 4.69) is 12.1 Å². The van der Waals surface area contributed by atoms with Crippen LogP contribution in [0.2, 0.25) is 0 Å². The summed E-state index contributed by atoms with van der Waals surface area (Å²) < 4.78 is 10.7. The van der Waals surface area contributed by atoms with Gasteiger partial charge in [0.25, 0.3) is 0 Å². The zero-order chi connectivity index (χ0) is 14.4. The quantitative estimate of drug-likeness (QED) is 0.752. The molecule has 2 atom stereocenters. The van der Waals surface area contributed by atoms with Gasteiger partial charge in [0.2, 0.25) is 0 Å². The maximum Gasteiger partial charge on any atom is 0.314 e. The minimum atomic E-state index is -0.522. The lowest BCUT2D eigenvalue weighted by Gasteiger charge is -2.35. The molecular formula is C17H17NO3. The normalized spacial score (nSPS) is 27.2. The molecule has 2 aromatic rings. The van der Waals surface area contributed by atoms with Gasteiger partial charge in [-0.25, -0.2) is 0 Å². The average Bonchev–Trinajstić information content (AvgIpc) is 2.93. The van der Waals surface area contributed by atoms with E-state index in [0.29, 0.717) is 19.6 Å². The molecule has 1 saturated heterocycles. The van der Waals surface area contributed by atoms with Gasteiger partial charge in [-0.2, -0.15) is 0 Å². The molecule has 4 nitrogen and oxygen atoms in total. The van der Waals surface area contributed by atoms with Crippen LogP contribution in [0.3, 0.4) is 0 Å². The highest BCUT2D eigenvalue weighted by atomic mass is 16.5. The number of esters is 1. The Labute approximate surface area is 123 Å². The SMILES string of the molecule is COC(=O)[C@@]12COC[C@@H]1Cc1nc3ccccc3cc1C2. The minimum Gasteiger partial charge on any atom is -0.469 e. The predicted octanol–water partition coefficient (Wildman–Crippen LogP) is 2.14. The van der Waals surface area contributed by atoms with E-state index in [0.717, 1.165) is 28.6 Å². The van der Waals surface area contributed by atoms with Crippen LogP contribution in [0.1, 0.15) is 11.3 Å². The Bertz CT molecular complexity index is 727. The number of methoxy groups -OCH3 is 1. The summed E-state index contributed by atoms with van der Waals surface area (Å²) in [5.41, 5.74) is 2.75. The zero-order valence-corrected chi connectivity index (χ0v) is 12.0. The van der Waals surface area contributed by atoms with E-state index < -0.39 is 5.41 Å². The van der Waals surface area contributed by atoms with Crippen LogP contribution < -0.4 is 0 Å². The summed E-state index contributed by atoms with van der Waals surface area (Å²) in [6, 6.07) is 10.3. The number of benzene rings is 1. The number of aromatic nitrogens is 1. The monoisotopic (exact) mass is 283 g/mol. The number of fused-ring (bicyclic) bond motifs is 3. The molecule has 4 rings (SSSR count). The van der Waals surface area contributed by atoms with Crippen molar-refractivity contribution in [3.63, 3.8) is 0 Å². The minimum absolute atomic E-state index is 0.149. The van der Waals surface area contributed by atoms with E-state index >= 15 is 0 Å². The molecule has 2 heterocycles. The van der Waals surface area contributed by atoms with E-state index in [-0.39, 0.29) is 11.9 Å². The van der Waals surface area contributed by atoms with Crippen molar-refractivity contribution in [2.24, 2.45) is 11.3 Å². The molecule has 108 valence electrons. The van der Waals surface area contributed by atoms with Gasteiger partial charge in [-0.15, -0.1) is 0 Å². The summed E-state index contributed by atoms with van der Waals surface area (Å²) in [6.07, 6.45) is 1.45. The van der Waals surface area contributed by atoms with Crippen LogP contribution in [0.15, 0.2) is 30.3 Å². The van der Waals surface area contributed by atoms with Crippen molar-refractivity contribution < 1.29 is 14.3 Å². The average molecular weight is 283 g/mol. The number of pyridine rings is 1. The topological polar surface area (TPSA) is 48.4 Å². The Morgan fingerprint density at radius 2 is 2.29 bits per heavy atom. The second kappa shape index (κ2) is 4.53. The number of nitrogens with zero attached hydrogens (tertiary/aromatic N) is 1. The fraction of sp³-hybridized carbons (Fsp3) is 0.412. The van der Waals surface area contributed by atoms with Crippen LogP contribution >= 0.6 is 0 Å². The van der Waals surface area contributed by atoms with Crippen LogP contribution in [0.25, 0.3) is 10.9 Å². The Balaban J connectivity index is 1.84. The molecule has 21 heavy (non-hydrogen) atoms. The molecule has 0 bridgehead atoms. The van der Waals surface area contributed by atoms with E-state index in [1.165, 1.54) is 7.11 Å². The van der Waals surface area contributed by atoms with Gasteiger partial charge in [-0.1, -0.05) is 18.2 Å². The van der Waals surface area contributed by atoms with Crippen molar-refractivity contribution in [1.29, 1.82) is 0 Å². The first-order valence-electron chi connectivity index (χ1n) is 7.27. The molecule has 2 aliphatic rings. The molecule has 1 fully saturated rings. The highest BCUT2D eigenvalue weighted by molar-refractivity contribution is 5.82. The third-order valence-electron chi connectivity index (χ3n) is 4.89. The maximum atomic E-state index is 12.3. The van der Waals surface area contributed by atoms with Gasteiger partial charge in [0, 0.05) is 17.0 Å². The second-order valence-electron chi connectivity index (χ2n) is 6.03. The number of rotatable bonds is 1. The van der Waals surface area contributed by atoms with Crippen molar-refractivity contribution in [2.75, 3.05) is 20.3 Å². The van der Waals surface area contributed by atoms with E-state index in [1.807, 2.05) is 18.2 Å². The maximum absolute atomic E-state index is 12.3. The molecule has 0 radical (unpaired) electrons. The van der Waals surface area contributed by atoms with Crippen LogP contribution in [0.5, 0.6) is 0 Å². The lowest BCUT2D eigenvalue weighted by atomic mass is 9.67. The first-order valence-corrected chi connectivity index (χ1v) is 7.27. The summed E-state index contributed by atoms with van der Waals surface area (Å²) in [6.45, 7) is 1.07. The molecular weight excluding hydrogens is 266 g/mol. The molecule has 4 heteroatoms. The van der Waals surface area contributed by atoms with Gasteiger partial charge in [0.05, 0.1) is 25.8 Å². The molecule has 0 N–H and O–H groups in total.